The molecule has 0 aliphatic rings. The van der Waals surface area contributed by atoms with Crippen molar-refractivity contribution in [2.45, 2.75) is 19.4 Å². The van der Waals surface area contributed by atoms with Crippen molar-refractivity contribution in [2.24, 2.45) is 11.7 Å². The molecule has 3 aromatic carbocycles. The fourth-order valence-corrected chi connectivity index (χ4v) is 3.96. The molecule has 0 saturated heterocycles. The van der Waals surface area contributed by atoms with Gasteiger partial charge in [0.25, 0.3) is 5.91 Å². The first-order chi connectivity index (χ1) is 17.3. The highest BCUT2D eigenvalue weighted by Crippen LogP contribution is 2.32. The summed E-state index contributed by atoms with van der Waals surface area (Å²) in [7, 11) is 4.49. The standard InChI is InChI=1S/C28H31N3O5/c1-17(23(28(33)36-4)15-18-6-5-7-22(14-18)26(29)30)31-27(32)20-10-8-19(9-11-20)21-12-13-24(34-2)25(16-21)35-3/h5-14,16-17,23H,15H2,1-4H3,(H3,29,30)(H,31,32)/t17-,23-/m1/s1. The molecule has 0 spiro atoms. The van der Waals surface area contributed by atoms with Gasteiger partial charge >= 0.3 is 5.97 Å². The average Bonchev–Trinajstić information content (AvgIpc) is 2.90. The molecule has 0 radical (unpaired) electrons. The van der Waals surface area contributed by atoms with Gasteiger partial charge in [-0.1, -0.05) is 36.4 Å². The summed E-state index contributed by atoms with van der Waals surface area (Å²) in [5.74, 6) is -0.142. The van der Waals surface area contributed by atoms with Crippen LogP contribution in [0.3, 0.4) is 0 Å². The monoisotopic (exact) mass is 489 g/mol. The first-order valence-electron chi connectivity index (χ1n) is 11.4. The van der Waals surface area contributed by atoms with Gasteiger partial charge in [0.2, 0.25) is 0 Å². The van der Waals surface area contributed by atoms with Gasteiger partial charge in [-0.05, 0) is 60.4 Å². The first-order valence-corrected chi connectivity index (χ1v) is 11.4. The van der Waals surface area contributed by atoms with Crippen LogP contribution in [-0.4, -0.2) is 45.1 Å². The largest absolute Gasteiger partial charge is 0.493 e. The molecule has 0 bridgehead atoms. The van der Waals surface area contributed by atoms with Crippen molar-refractivity contribution < 1.29 is 23.8 Å². The summed E-state index contributed by atoms with van der Waals surface area (Å²) in [4.78, 5) is 25.5. The third-order valence-corrected chi connectivity index (χ3v) is 6.02. The summed E-state index contributed by atoms with van der Waals surface area (Å²) in [5, 5.41) is 10.6. The number of nitrogens with one attached hydrogen (secondary N) is 2. The molecule has 1 amide bonds. The highest BCUT2D eigenvalue weighted by molar-refractivity contribution is 5.96. The lowest BCUT2D eigenvalue weighted by atomic mass is 9.92. The zero-order valence-corrected chi connectivity index (χ0v) is 20.8. The van der Waals surface area contributed by atoms with E-state index in [0.29, 0.717) is 29.0 Å². The van der Waals surface area contributed by atoms with Gasteiger partial charge in [0.15, 0.2) is 11.5 Å². The molecule has 36 heavy (non-hydrogen) atoms. The van der Waals surface area contributed by atoms with E-state index in [2.05, 4.69) is 5.32 Å². The molecule has 8 nitrogen and oxygen atoms in total. The van der Waals surface area contributed by atoms with Crippen LogP contribution >= 0.6 is 0 Å². The number of ether oxygens (including phenoxy) is 3. The number of nitrogen functional groups attached to an aromatic ring is 1. The number of methoxy groups -OCH3 is 3. The quantitative estimate of drug-likeness (QED) is 0.226. The number of nitrogens with two attached hydrogens (primary N) is 1. The second-order valence-corrected chi connectivity index (χ2v) is 8.36. The number of amidine groups is 1. The van der Waals surface area contributed by atoms with Gasteiger partial charge in [0.1, 0.15) is 5.84 Å². The van der Waals surface area contributed by atoms with Crippen LogP contribution in [0.1, 0.15) is 28.4 Å². The number of rotatable bonds is 10. The van der Waals surface area contributed by atoms with Crippen molar-refractivity contribution in [2.75, 3.05) is 21.3 Å². The smallest absolute Gasteiger partial charge is 0.311 e. The molecule has 2 atom stereocenters. The van der Waals surface area contributed by atoms with E-state index in [9.17, 15) is 9.59 Å². The molecule has 0 aromatic heterocycles. The number of hydrogen-bond donors (Lipinski definition) is 3. The summed E-state index contributed by atoms with van der Waals surface area (Å²) in [6.45, 7) is 1.77. The third-order valence-electron chi connectivity index (χ3n) is 6.02. The number of carbonyl (C=O) groups excluding carboxylic acids is 2. The van der Waals surface area contributed by atoms with E-state index in [0.717, 1.165) is 16.7 Å². The Morgan fingerprint density at radius 1 is 0.889 bits per heavy atom. The Morgan fingerprint density at radius 2 is 1.56 bits per heavy atom. The number of amides is 1. The third kappa shape index (κ3) is 6.21. The summed E-state index contributed by atoms with van der Waals surface area (Å²) < 4.78 is 15.7. The summed E-state index contributed by atoms with van der Waals surface area (Å²) >= 11 is 0. The van der Waals surface area contributed by atoms with Gasteiger partial charge in [-0.2, -0.15) is 0 Å². The molecule has 3 aromatic rings. The van der Waals surface area contributed by atoms with Gasteiger partial charge in [0, 0.05) is 17.2 Å². The van der Waals surface area contributed by atoms with Crippen LogP contribution in [0, 0.1) is 11.3 Å². The zero-order valence-electron chi connectivity index (χ0n) is 20.8. The lowest BCUT2D eigenvalue weighted by Crippen LogP contribution is -2.42. The second kappa shape index (κ2) is 11.9. The number of hydrogen-bond acceptors (Lipinski definition) is 6. The van der Waals surface area contributed by atoms with E-state index in [-0.39, 0.29) is 11.7 Å². The van der Waals surface area contributed by atoms with Crippen molar-refractivity contribution >= 4 is 17.7 Å². The number of carbonyl (C=O) groups is 2. The Balaban J connectivity index is 1.74. The lowest BCUT2D eigenvalue weighted by molar-refractivity contribution is -0.146. The van der Waals surface area contributed by atoms with E-state index in [1.807, 2.05) is 36.4 Å². The maximum Gasteiger partial charge on any atom is 0.311 e. The fraction of sp³-hybridized carbons (Fsp3) is 0.250. The Morgan fingerprint density at radius 3 is 2.17 bits per heavy atom. The minimum absolute atomic E-state index is 0.0515. The van der Waals surface area contributed by atoms with Crippen LogP contribution in [0.25, 0.3) is 11.1 Å². The SMILES string of the molecule is COC(=O)[C@H](Cc1cccc(C(=N)N)c1)[C@@H](C)NC(=O)c1ccc(-c2ccc(OC)c(OC)c2)cc1. The topological polar surface area (TPSA) is 124 Å². The van der Waals surface area contributed by atoms with Crippen LogP contribution in [0.4, 0.5) is 0 Å². The van der Waals surface area contributed by atoms with Crippen molar-refractivity contribution in [1.82, 2.24) is 5.32 Å². The van der Waals surface area contributed by atoms with Crippen molar-refractivity contribution in [3.63, 3.8) is 0 Å². The van der Waals surface area contributed by atoms with Crippen LogP contribution < -0.4 is 20.5 Å². The molecule has 4 N–H and O–H groups in total. The molecule has 0 saturated carbocycles. The Bertz CT molecular complexity index is 1240. The van der Waals surface area contributed by atoms with Crippen molar-refractivity contribution in [3.05, 3.63) is 83.4 Å². The Hall–Kier alpha value is -4.33. The van der Waals surface area contributed by atoms with Crippen LogP contribution in [0.15, 0.2) is 66.7 Å². The summed E-state index contributed by atoms with van der Waals surface area (Å²) in [6, 6.07) is 19.4. The molecule has 0 aliphatic heterocycles. The fourth-order valence-electron chi connectivity index (χ4n) is 3.96. The first kappa shape index (κ1) is 26.3. The normalized spacial score (nSPS) is 12.2. The van der Waals surface area contributed by atoms with E-state index in [1.54, 1.807) is 51.5 Å². The highest BCUT2D eigenvalue weighted by Gasteiger charge is 2.28. The number of benzene rings is 3. The van der Waals surface area contributed by atoms with E-state index in [1.165, 1.54) is 7.11 Å². The van der Waals surface area contributed by atoms with Gasteiger partial charge < -0.3 is 25.3 Å². The molecule has 8 heteroatoms. The Kier molecular flexibility index (Phi) is 8.67. The predicted octanol–water partition coefficient (Wildman–Crippen LogP) is 3.81. The molecule has 0 unspecified atom stereocenters. The predicted molar refractivity (Wildman–Crippen MR) is 139 cm³/mol. The van der Waals surface area contributed by atoms with Gasteiger partial charge in [0.05, 0.1) is 27.2 Å². The maximum absolute atomic E-state index is 13.0. The zero-order chi connectivity index (χ0) is 26.2. The van der Waals surface area contributed by atoms with Crippen molar-refractivity contribution in [1.29, 1.82) is 5.41 Å². The van der Waals surface area contributed by atoms with Crippen LogP contribution in [0.5, 0.6) is 11.5 Å². The van der Waals surface area contributed by atoms with Crippen LogP contribution in [0.2, 0.25) is 0 Å². The molecular weight excluding hydrogens is 458 g/mol. The Labute approximate surface area is 210 Å². The van der Waals surface area contributed by atoms with E-state index < -0.39 is 17.9 Å². The second-order valence-electron chi connectivity index (χ2n) is 8.36. The van der Waals surface area contributed by atoms with Crippen LogP contribution in [-0.2, 0) is 16.0 Å². The van der Waals surface area contributed by atoms with Gasteiger partial charge in [-0.15, -0.1) is 0 Å². The van der Waals surface area contributed by atoms with E-state index >= 15 is 0 Å². The van der Waals surface area contributed by atoms with E-state index in [4.69, 9.17) is 25.4 Å². The summed E-state index contributed by atoms with van der Waals surface area (Å²) in [6.07, 6.45) is 0.327. The average molecular weight is 490 g/mol. The molecule has 0 fully saturated rings. The molecule has 0 heterocycles. The minimum Gasteiger partial charge on any atom is -0.493 e. The molecule has 188 valence electrons. The lowest BCUT2D eigenvalue weighted by Gasteiger charge is -2.23. The summed E-state index contributed by atoms with van der Waals surface area (Å²) in [5.41, 5.74) is 9.28. The van der Waals surface area contributed by atoms with Gasteiger partial charge in [-0.25, -0.2) is 0 Å². The van der Waals surface area contributed by atoms with Gasteiger partial charge in [-0.3, -0.25) is 15.0 Å². The van der Waals surface area contributed by atoms with Crippen molar-refractivity contribution in [3.8, 4) is 22.6 Å². The molecule has 0 aliphatic carbocycles. The minimum atomic E-state index is -0.618. The number of esters is 1. The maximum atomic E-state index is 13.0. The molecule has 3 rings (SSSR count). The molecular formula is C28H31N3O5. The highest BCUT2D eigenvalue weighted by atomic mass is 16.5.